The number of nitrogens with zero attached hydrogens (tertiary/aromatic N) is 1. The molecule has 1 aromatic rings. The van der Waals surface area contributed by atoms with Gasteiger partial charge in [0.05, 0.1) is 0 Å². The summed E-state index contributed by atoms with van der Waals surface area (Å²) in [7, 11) is 0. The Kier molecular flexibility index (Phi) is 4.84. The smallest absolute Gasteiger partial charge is 0.226 e. The van der Waals surface area contributed by atoms with E-state index in [2.05, 4.69) is 18.5 Å². The van der Waals surface area contributed by atoms with Crippen LogP contribution in [0.2, 0.25) is 0 Å². The van der Waals surface area contributed by atoms with Crippen molar-refractivity contribution in [2.45, 2.75) is 12.8 Å². The van der Waals surface area contributed by atoms with Crippen LogP contribution in [0.15, 0.2) is 36.2 Å². The number of thiophene rings is 1. The van der Waals surface area contributed by atoms with E-state index < -0.39 is 0 Å². The summed E-state index contributed by atoms with van der Waals surface area (Å²) < 4.78 is 0. The Morgan fingerprint density at radius 3 is 2.53 bits per heavy atom. The molecule has 1 aliphatic heterocycles. The predicted molar refractivity (Wildman–Crippen MR) is 65.6 cm³/mol. The molecule has 0 radical (unpaired) electrons. The van der Waals surface area contributed by atoms with E-state index in [1.54, 1.807) is 22.4 Å². The topological polar surface area (TPSA) is 20.3 Å². The molecule has 2 rings (SSSR count). The molecule has 2 nitrogen and oxygen atoms in total. The SMILES string of the molecule is C=CN1CCCC1=O.C=Cc1ccsc1. The van der Waals surface area contributed by atoms with Gasteiger partial charge in [0, 0.05) is 13.0 Å². The standard InChI is InChI=1S/C6H9NO.C6H6S/c1-2-7-5-3-4-6(7)8;1-2-6-3-4-7-5-6/h2H,1,3-5H2;2-5H,1H2. The van der Waals surface area contributed by atoms with Crippen LogP contribution in [0.1, 0.15) is 18.4 Å². The predicted octanol–water partition coefficient (Wildman–Crippen LogP) is 3.14. The van der Waals surface area contributed by atoms with Crippen LogP contribution in [0.5, 0.6) is 0 Å². The van der Waals surface area contributed by atoms with Crippen LogP contribution in [-0.4, -0.2) is 17.4 Å². The van der Waals surface area contributed by atoms with Crippen molar-refractivity contribution in [3.8, 4) is 0 Å². The van der Waals surface area contributed by atoms with Gasteiger partial charge in [-0.15, -0.1) is 0 Å². The molecule has 1 fully saturated rings. The van der Waals surface area contributed by atoms with Gasteiger partial charge in [0.2, 0.25) is 5.91 Å². The first-order valence-corrected chi connectivity index (χ1v) is 5.79. The van der Waals surface area contributed by atoms with Crippen molar-refractivity contribution in [2.24, 2.45) is 0 Å². The van der Waals surface area contributed by atoms with Crippen LogP contribution >= 0.6 is 11.3 Å². The van der Waals surface area contributed by atoms with E-state index in [0.717, 1.165) is 13.0 Å². The number of hydrogen-bond acceptors (Lipinski definition) is 2. The van der Waals surface area contributed by atoms with Gasteiger partial charge in [0.25, 0.3) is 0 Å². The first-order valence-electron chi connectivity index (χ1n) is 4.84. The zero-order valence-electron chi connectivity index (χ0n) is 8.69. The van der Waals surface area contributed by atoms with Crippen LogP contribution in [0.25, 0.3) is 6.08 Å². The molecule has 0 aliphatic carbocycles. The Morgan fingerprint density at radius 1 is 1.47 bits per heavy atom. The summed E-state index contributed by atoms with van der Waals surface area (Å²) in [6, 6.07) is 2.04. The number of hydrogen-bond donors (Lipinski definition) is 0. The fraction of sp³-hybridized carbons (Fsp3) is 0.250. The van der Waals surface area contributed by atoms with E-state index in [4.69, 9.17) is 0 Å². The molecule has 1 aliphatic rings. The first kappa shape index (κ1) is 11.7. The molecule has 2 heterocycles. The third-order valence-electron chi connectivity index (χ3n) is 2.11. The van der Waals surface area contributed by atoms with Crippen molar-refractivity contribution in [2.75, 3.05) is 6.54 Å². The highest BCUT2D eigenvalue weighted by Crippen LogP contribution is 2.08. The van der Waals surface area contributed by atoms with Crippen molar-refractivity contribution in [3.63, 3.8) is 0 Å². The lowest BCUT2D eigenvalue weighted by atomic mass is 10.3. The second-order valence-electron chi connectivity index (χ2n) is 3.13. The summed E-state index contributed by atoms with van der Waals surface area (Å²) in [5.74, 6) is 0.208. The summed E-state index contributed by atoms with van der Waals surface area (Å²) in [4.78, 5) is 12.3. The average Bonchev–Trinajstić information content (AvgIpc) is 2.88. The van der Waals surface area contributed by atoms with Gasteiger partial charge >= 0.3 is 0 Å². The van der Waals surface area contributed by atoms with Gasteiger partial charge < -0.3 is 4.90 Å². The van der Waals surface area contributed by atoms with Crippen molar-refractivity contribution >= 4 is 23.3 Å². The van der Waals surface area contributed by atoms with Crippen molar-refractivity contribution in [1.82, 2.24) is 4.90 Å². The molecule has 1 aromatic heterocycles. The van der Waals surface area contributed by atoms with E-state index in [-0.39, 0.29) is 5.91 Å². The molecule has 0 unspecified atom stereocenters. The summed E-state index contributed by atoms with van der Waals surface area (Å²) in [5.41, 5.74) is 1.21. The molecule has 80 valence electrons. The Bertz CT molecular complexity index is 329. The molecule has 0 atom stereocenters. The second kappa shape index (κ2) is 6.19. The second-order valence-corrected chi connectivity index (χ2v) is 3.91. The summed E-state index contributed by atoms with van der Waals surface area (Å²) in [6.07, 6.45) is 5.13. The van der Waals surface area contributed by atoms with E-state index in [9.17, 15) is 4.79 Å². The molecule has 0 bridgehead atoms. The molecule has 3 heteroatoms. The molecule has 1 amide bonds. The summed E-state index contributed by atoms with van der Waals surface area (Å²) in [5, 5.41) is 4.10. The van der Waals surface area contributed by atoms with Gasteiger partial charge in [-0.25, -0.2) is 0 Å². The Hall–Kier alpha value is -1.35. The maximum atomic E-state index is 10.7. The van der Waals surface area contributed by atoms with E-state index >= 15 is 0 Å². The number of amides is 1. The minimum Gasteiger partial charge on any atom is -0.320 e. The van der Waals surface area contributed by atoms with Gasteiger partial charge in [0.1, 0.15) is 0 Å². The fourth-order valence-electron chi connectivity index (χ4n) is 1.25. The van der Waals surface area contributed by atoms with Gasteiger partial charge in [0.15, 0.2) is 0 Å². The average molecular weight is 221 g/mol. The Labute approximate surface area is 94.5 Å². The van der Waals surface area contributed by atoms with Gasteiger partial charge in [-0.2, -0.15) is 11.3 Å². The molecule has 15 heavy (non-hydrogen) atoms. The lowest BCUT2D eigenvalue weighted by Crippen LogP contribution is -2.16. The fourth-order valence-corrected chi connectivity index (χ4v) is 1.90. The number of rotatable bonds is 2. The highest BCUT2D eigenvalue weighted by molar-refractivity contribution is 7.08. The molecule has 0 N–H and O–H groups in total. The molecular weight excluding hydrogens is 206 g/mol. The molecule has 0 spiro atoms. The molecule has 0 saturated carbocycles. The van der Waals surface area contributed by atoms with Gasteiger partial charge in [-0.05, 0) is 35.0 Å². The largest absolute Gasteiger partial charge is 0.320 e. The van der Waals surface area contributed by atoms with E-state index in [0.29, 0.717) is 6.42 Å². The van der Waals surface area contributed by atoms with Crippen LogP contribution in [0.3, 0.4) is 0 Å². The Morgan fingerprint density at radius 2 is 2.27 bits per heavy atom. The van der Waals surface area contributed by atoms with Crippen LogP contribution in [0, 0.1) is 0 Å². The quantitative estimate of drug-likeness (QED) is 0.751. The zero-order chi connectivity index (χ0) is 11.1. The molecular formula is C12H15NOS. The highest BCUT2D eigenvalue weighted by Gasteiger charge is 2.15. The first-order chi connectivity index (χ1) is 7.27. The lowest BCUT2D eigenvalue weighted by Gasteiger charge is -2.05. The maximum Gasteiger partial charge on any atom is 0.226 e. The normalized spacial score (nSPS) is 14.4. The number of likely N-dealkylation sites (tertiary alicyclic amines) is 1. The zero-order valence-corrected chi connectivity index (χ0v) is 9.50. The lowest BCUT2D eigenvalue weighted by molar-refractivity contribution is -0.125. The molecule has 1 saturated heterocycles. The maximum absolute atomic E-state index is 10.7. The van der Waals surface area contributed by atoms with Gasteiger partial charge in [-0.3, -0.25) is 4.79 Å². The third-order valence-corrected chi connectivity index (χ3v) is 2.81. The monoisotopic (exact) mass is 221 g/mol. The van der Waals surface area contributed by atoms with Crippen LogP contribution in [0.4, 0.5) is 0 Å². The number of carbonyl (C=O) groups excluding carboxylic acids is 1. The van der Waals surface area contributed by atoms with E-state index in [1.807, 2.05) is 17.5 Å². The van der Waals surface area contributed by atoms with Crippen LogP contribution < -0.4 is 0 Å². The van der Waals surface area contributed by atoms with Gasteiger partial charge in [-0.1, -0.05) is 19.2 Å². The Balaban J connectivity index is 0.000000151. The summed E-state index contributed by atoms with van der Waals surface area (Å²) in [6.45, 7) is 7.97. The molecule has 0 aromatic carbocycles. The van der Waals surface area contributed by atoms with Crippen molar-refractivity contribution in [1.29, 1.82) is 0 Å². The van der Waals surface area contributed by atoms with Crippen molar-refractivity contribution in [3.05, 3.63) is 41.7 Å². The number of carbonyl (C=O) groups is 1. The van der Waals surface area contributed by atoms with Crippen LogP contribution in [-0.2, 0) is 4.79 Å². The summed E-state index contributed by atoms with van der Waals surface area (Å²) >= 11 is 1.69. The highest BCUT2D eigenvalue weighted by atomic mass is 32.1. The van der Waals surface area contributed by atoms with E-state index in [1.165, 1.54) is 5.56 Å². The minimum absolute atomic E-state index is 0.208. The third kappa shape index (κ3) is 3.72. The van der Waals surface area contributed by atoms with Crippen molar-refractivity contribution < 1.29 is 4.79 Å². The minimum atomic E-state index is 0.208.